The lowest BCUT2D eigenvalue weighted by Gasteiger charge is -2.34. The minimum absolute atomic E-state index is 0.0620. The number of benzene rings is 1. The lowest BCUT2D eigenvalue weighted by atomic mass is 9.77. The molecule has 0 saturated carbocycles. The molecule has 104 valence electrons. The summed E-state index contributed by atoms with van der Waals surface area (Å²) in [5, 5.41) is 0. The largest absolute Gasteiger partial charge is 0.493 e. The normalized spacial score (nSPS) is 18.1. The number of rotatable bonds is 2. The Morgan fingerprint density at radius 1 is 1.16 bits per heavy atom. The summed E-state index contributed by atoms with van der Waals surface area (Å²) in [7, 11) is 0. The molecule has 0 spiro atoms. The molecule has 0 radical (unpaired) electrons. The van der Waals surface area contributed by atoms with Crippen molar-refractivity contribution in [2.45, 2.75) is 44.9 Å². The van der Waals surface area contributed by atoms with Crippen LogP contribution in [0.25, 0.3) is 0 Å². The maximum absolute atomic E-state index is 6.01. The second kappa shape index (κ2) is 4.71. The van der Waals surface area contributed by atoms with E-state index in [9.17, 15) is 0 Å². The maximum Gasteiger partial charge on any atom is 0.126 e. The van der Waals surface area contributed by atoms with Gasteiger partial charge in [-0.25, -0.2) is 0 Å². The van der Waals surface area contributed by atoms with E-state index in [0.29, 0.717) is 6.54 Å². The van der Waals surface area contributed by atoms with Crippen LogP contribution in [-0.4, -0.2) is 19.8 Å². The molecule has 0 bridgehead atoms. The first-order valence-electron chi connectivity index (χ1n) is 7.28. The van der Waals surface area contributed by atoms with Crippen LogP contribution in [-0.2, 0) is 18.3 Å². The van der Waals surface area contributed by atoms with E-state index in [4.69, 9.17) is 15.2 Å². The fourth-order valence-electron chi connectivity index (χ4n) is 3.15. The standard InChI is InChI=1S/C16H23NO2/c1-16(2,10-17)14-12-6-4-7-18-13(12)9-11-5-3-8-19-15(11)14/h9H,3-8,10,17H2,1-2H3. The van der Waals surface area contributed by atoms with E-state index in [2.05, 4.69) is 19.9 Å². The topological polar surface area (TPSA) is 44.5 Å². The van der Waals surface area contributed by atoms with Crippen LogP contribution in [0.5, 0.6) is 11.5 Å². The molecule has 0 aliphatic carbocycles. The van der Waals surface area contributed by atoms with E-state index in [0.717, 1.165) is 50.4 Å². The van der Waals surface area contributed by atoms with Crippen LogP contribution in [0.3, 0.4) is 0 Å². The Balaban J connectivity index is 2.23. The Hall–Kier alpha value is -1.22. The van der Waals surface area contributed by atoms with Gasteiger partial charge in [0.15, 0.2) is 0 Å². The van der Waals surface area contributed by atoms with E-state index in [1.54, 1.807) is 0 Å². The van der Waals surface area contributed by atoms with Crippen LogP contribution < -0.4 is 15.2 Å². The first-order chi connectivity index (χ1) is 9.13. The highest BCUT2D eigenvalue weighted by Crippen LogP contribution is 2.44. The predicted octanol–water partition coefficient (Wildman–Crippen LogP) is 2.57. The molecule has 2 N–H and O–H groups in total. The number of ether oxygens (including phenoxy) is 2. The second-order valence-corrected chi connectivity index (χ2v) is 6.21. The van der Waals surface area contributed by atoms with Crippen molar-refractivity contribution in [3.8, 4) is 11.5 Å². The van der Waals surface area contributed by atoms with Crippen LogP contribution in [0.1, 0.15) is 43.4 Å². The third-order valence-corrected chi connectivity index (χ3v) is 4.28. The van der Waals surface area contributed by atoms with Gasteiger partial charge in [-0.15, -0.1) is 0 Å². The minimum atomic E-state index is -0.0620. The summed E-state index contributed by atoms with van der Waals surface area (Å²) in [5.41, 5.74) is 9.86. The molecule has 1 aromatic carbocycles. The number of hydrogen-bond donors (Lipinski definition) is 1. The van der Waals surface area contributed by atoms with E-state index >= 15 is 0 Å². The third kappa shape index (κ3) is 2.10. The average Bonchev–Trinajstić information content (AvgIpc) is 2.44. The maximum atomic E-state index is 6.01. The predicted molar refractivity (Wildman–Crippen MR) is 76.2 cm³/mol. The fourth-order valence-corrected chi connectivity index (χ4v) is 3.15. The molecule has 3 rings (SSSR count). The Kier molecular flexibility index (Phi) is 3.17. The molecule has 2 heterocycles. The van der Waals surface area contributed by atoms with Gasteiger partial charge in [-0.2, -0.15) is 0 Å². The summed E-state index contributed by atoms with van der Waals surface area (Å²) < 4.78 is 11.9. The molecule has 3 heteroatoms. The van der Waals surface area contributed by atoms with E-state index in [1.165, 1.54) is 16.7 Å². The van der Waals surface area contributed by atoms with Crippen molar-refractivity contribution in [3.63, 3.8) is 0 Å². The van der Waals surface area contributed by atoms with Gasteiger partial charge >= 0.3 is 0 Å². The van der Waals surface area contributed by atoms with Crippen molar-refractivity contribution < 1.29 is 9.47 Å². The number of nitrogens with two attached hydrogens (primary N) is 1. The Morgan fingerprint density at radius 2 is 1.89 bits per heavy atom. The highest BCUT2D eigenvalue weighted by atomic mass is 16.5. The quantitative estimate of drug-likeness (QED) is 0.890. The summed E-state index contributed by atoms with van der Waals surface area (Å²) in [4.78, 5) is 0. The fraction of sp³-hybridized carbons (Fsp3) is 0.625. The first kappa shape index (κ1) is 12.8. The van der Waals surface area contributed by atoms with Crippen molar-refractivity contribution in [3.05, 3.63) is 22.8 Å². The Morgan fingerprint density at radius 3 is 2.68 bits per heavy atom. The summed E-state index contributed by atoms with van der Waals surface area (Å²) in [6.07, 6.45) is 4.33. The smallest absolute Gasteiger partial charge is 0.126 e. The van der Waals surface area contributed by atoms with Crippen molar-refractivity contribution in [2.24, 2.45) is 5.73 Å². The van der Waals surface area contributed by atoms with Crippen LogP contribution >= 0.6 is 0 Å². The van der Waals surface area contributed by atoms with Gasteiger partial charge in [0.1, 0.15) is 11.5 Å². The number of hydrogen-bond acceptors (Lipinski definition) is 3. The van der Waals surface area contributed by atoms with Crippen LogP contribution in [0.2, 0.25) is 0 Å². The first-order valence-corrected chi connectivity index (χ1v) is 7.28. The number of fused-ring (bicyclic) bond motifs is 2. The highest BCUT2D eigenvalue weighted by Gasteiger charge is 2.32. The van der Waals surface area contributed by atoms with Crippen molar-refractivity contribution in [1.29, 1.82) is 0 Å². The third-order valence-electron chi connectivity index (χ3n) is 4.28. The molecule has 2 aliphatic heterocycles. The van der Waals surface area contributed by atoms with Crippen molar-refractivity contribution in [1.82, 2.24) is 0 Å². The molecule has 1 aromatic rings. The van der Waals surface area contributed by atoms with E-state index in [1.807, 2.05) is 0 Å². The molecular weight excluding hydrogens is 238 g/mol. The van der Waals surface area contributed by atoms with Gasteiger partial charge in [0.2, 0.25) is 0 Å². The van der Waals surface area contributed by atoms with Gasteiger partial charge in [0.05, 0.1) is 13.2 Å². The summed E-state index contributed by atoms with van der Waals surface area (Å²) in [5.74, 6) is 2.15. The molecule has 0 aromatic heterocycles. The highest BCUT2D eigenvalue weighted by molar-refractivity contribution is 5.58. The van der Waals surface area contributed by atoms with Crippen molar-refractivity contribution >= 4 is 0 Å². The Bertz CT molecular complexity index is 460. The summed E-state index contributed by atoms with van der Waals surface area (Å²) in [6, 6.07) is 2.19. The van der Waals surface area contributed by atoms with Gasteiger partial charge in [-0.3, -0.25) is 0 Å². The molecule has 0 unspecified atom stereocenters. The summed E-state index contributed by atoms with van der Waals surface area (Å²) in [6.45, 7) is 6.68. The molecule has 0 fully saturated rings. The zero-order valence-electron chi connectivity index (χ0n) is 11.9. The zero-order valence-corrected chi connectivity index (χ0v) is 11.9. The molecular formula is C16H23NO2. The van der Waals surface area contributed by atoms with E-state index < -0.39 is 0 Å². The van der Waals surface area contributed by atoms with Gasteiger partial charge in [0, 0.05) is 23.1 Å². The molecule has 19 heavy (non-hydrogen) atoms. The van der Waals surface area contributed by atoms with Crippen LogP contribution in [0.4, 0.5) is 0 Å². The molecule has 0 saturated heterocycles. The van der Waals surface area contributed by atoms with Crippen LogP contribution in [0.15, 0.2) is 6.07 Å². The van der Waals surface area contributed by atoms with Gasteiger partial charge in [0.25, 0.3) is 0 Å². The van der Waals surface area contributed by atoms with Gasteiger partial charge in [-0.1, -0.05) is 13.8 Å². The van der Waals surface area contributed by atoms with Crippen LogP contribution in [0, 0.1) is 0 Å². The van der Waals surface area contributed by atoms with Gasteiger partial charge < -0.3 is 15.2 Å². The Labute approximate surface area is 115 Å². The van der Waals surface area contributed by atoms with E-state index in [-0.39, 0.29) is 5.41 Å². The van der Waals surface area contributed by atoms with Crippen molar-refractivity contribution in [2.75, 3.05) is 19.8 Å². The van der Waals surface area contributed by atoms with Gasteiger partial charge in [-0.05, 0) is 37.3 Å². The minimum Gasteiger partial charge on any atom is -0.493 e. The molecule has 3 nitrogen and oxygen atoms in total. The monoisotopic (exact) mass is 261 g/mol. The lowest BCUT2D eigenvalue weighted by molar-refractivity contribution is 0.263. The zero-order chi connectivity index (χ0) is 13.5. The SMILES string of the molecule is CC(C)(CN)c1c2c(cc3c1OCCC3)OCCC2. The number of aryl methyl sites for hydroxylation is 1. The average molecular weight is 261 g/mol. The molecule has 0 amide bonds. The molecule has 0 atom stereocenters. The lowest BCUT2D eigenvalue weighted by Crippen LogP contribution is -2.32. The molecule has 2 aliphatic rings. The summed E-state index contributed by atoms with van der Waals surface area (Å²) >= 11 is 0. The second-order valence-electron chi connectivity index (χ2n) is 6.21.